The van der Waals surface area contributed by atoms with E-state index in [0.717, 1.165) is 0 Å². The largest absolute Gasteiger partial charge is 0.493 e. The van der Waals surface area contributed by atoms with Crippen LogP contribution in [0, 0.1) is 11.3 Å². The first-order valence-electron chi connectivity index (χ1n) is 5.26. The van der Waals surface area contributed by atoms with Gasteiger partial charge in [-0.2, -0.15) is 5.26 Å². The lowest BCUT2D eigenvalue weighted by atomic mass is 10.3. The molecule has 18 heavy (non-hydrogen) atoms. The van der Waals surface area contributed by atoms with Crippen LogP contribution >= 0.6 is 0 Å². The van der Waals surface area contributed by atoms with Gasteiger partial charge in [0, 0.05) is 6.54 Å². The lowest BCUT2D eigenvalue weighted by molar-refractivity contribution is 0.198. The predicted molar refractivity (Wildman–Crippen MR) is 63.8 cm³/mol. The fourth-order valence-electron chi connectivity index (χ4n) is 1.29. The van der Waals surface area contributed by atoms with E-state index in [-0.39, 0.29) is 18.7 Å². The van der Waals surface area contributed by atoms with Gasteiger partial charge in [0.15, 0.2) is 11.5 Å². The van der Waals surface area contributed by atoms with Crippen LogP contribution in [0.3, 0.4) is 0 Å². The predicted octanol–water partition coefficient (Wildman–Crippen LogP) is 1.71. The van der Waals surface area contributed by atoms with E-state index < -0.39 is 6.09 Å². The second kappa shape index (κ2) is 7.01. The van der Waals surface area contributed by atoms with Crippen molar-refractivity contribution in [1.82, 2.24) is 5.32 Å². The highest BCUT2D eigenvalue weighted by atomic mass is 16.6. The highest BCUT2D eigenvalue weighted by molar-refractivity contribution is 5.72. The summed E-state index contributed by atoms with van der Waals surface area (Å²) in [6, 6.07) is 6.87. The lowest BCUT2D eigenvalue weighted by Crippen LogP contribution is -2.27. The quantitative estimate of drug-likeness (QED) is 0.804. The fourth-order valence-corrected chi connectivity index (χ4v) is 1.29. The average molecular weight is 250 g/mol. The molecule has 0 aromatic heterocycles. The molecule has 0 atom stereocenters. The molecule has 0 saturated carbocycles. The van der Waals surface area contributed by atoms with Crippen LogP contribution in [0.25, 0.3) is 0 Å². The number of hydrogen-bond acceptors (Lipinski definition) is 5. The minimum absolute atomic E-state index is 0.227. The van der Waals surface area contributed by atoms with Crippen LogP contribution in [0.4, 0.5) is 4.79 Å². The van der Waals surface area contributed by atoms with Gasteiger partial charge in [-0.15, -0.1) is 0 Å². The van der Waals surface area contributed by atoms with Gasteiger partial charge in [0.2, 0.25) is 5.75 Å². The number of hydrogen-bond donors (Lipinski definition) is 1. The zero-order chi connectivity index (χ0) is 13.4. The number of carbonyl (C=O) groups is 1. The molecule has 1 aromatic rings. The van der Waals surface area contributed by atoms with Crippen LogP contribution in [0.1, 0.15) is 6.42 Å². The van der Waals surface area contributed by atoms with Crippen molar-refractivity contribution in [1.29, 1.82) is 5.26 Å². The highest BCUT2D eigenvalue weighted by Crippen LogP contribution is 2.36. The molecule has 0 aliphatic heterocycles. The van der Waals surface area contributed by atoms with Crippen molar-refractivity contribution in [2.24, 2.45) is 0 Å². The third-order valence-electron chi connectivity index (χ3n) is 2.08. The summed E-state index contributed by atoms with van der Waals surface area (Å²) in [5, 5.41) is 10.8. The Morgan fingerprint density at radius 3 is 2.67 bits per heavy atom. The number of rotatable bonds is 5. The number of amides is 1. The second-order valence-electron chi connectivity index (χ2n) is 3.22. The number of nitriles is 1. The number of ether oxygens (including phenoxy) is 3. The Bertz CT molecular complexity index is 454. The summed E-state index contributed by atoms with van der Waals surface area (Å²) in [6.07, 6.45) is -0.415. The first-order valence-corrected chi connectivity index (χ1v) is 5.26. The lowest BCUT2D eigenvalue weighted by Gasteiger charge is -2.12. The van der Waals surface area contributed by atoms with Crippen LogP contribution in [0.5, 0.6) is 17.2 Å². The van der Waals surface area contributed by atoms with E-state index in [2.05, 4.69) is 5.32 Å². The number of para-hydroxylation sites is 1. The summed E-state index contributed by atoms with van der Waals surface area (Å²) in [4.78, 5) is 11.4. The zero-order valence-electron chi connectivity index (χ0n) is 10.2. The molecule has 0 fully saturated rings. The molecular formula is C12H14N2O4. The van der Waals surface area contributed by atoms with Crippen LogP contribution < -0.4 is 19.5 Å². The van der Waals surface area contributed by atoms with Crippen molar-refractivity contribution in [3.63, 3.8) is 0 Å². The van der Waals surface area contributed by atoms with Crippen molar-refractivity contribution in [3.8, 4) is 23.3 Å². The first kappa shape index (κ1) is 13.6. The molecule has 0 aliphatic rings. The third-order valence-corrected chi connectivity index (χ3v) is 2.08. The molecule has 0 saturated heterocycles. The molecule has 0 heterocycles. The van der Waals surface area contributed by atoms with Crippen molar-refractivity contribution in [2.75, 3.05) is 20.8 Å². The van der Waals surface area contributed by atoms with Crippen molar-refractivity contribution in [3.05, 3.63) is 18.2 Å². The fraction of sp³-hybridized carbons (Fsp3) is 0.333. The molecule has 1 rings (SSSR count). The number of methoxy groups -OCH3 is 2. The van der Waals surface area contributed by atoms with Crippen molar-refractivity contribution in [2.45, 2.75) is 6.42 Å². The standard InChI is InChI=1S/C12H14N2O4/c1-16-9-5-3-6-10(11(9)17-2)18-12(15)14-8-4-7-13/h3,5-6H,4,8H2,1-2H3,(H,14,15). The molecular weight excluding hydrogens is 236 g/mol. The number of nitrogens with zero attached hydrogens (tertiary/aromatic N) is 1. The molecule has 0 radical (unpaired) electrons. The number of carbonyl (C=O) groups excluding carboxylic acids is 1. The number of nitrogens with one attached hydrogen (secondary N) is 1. The Kier molecular flexibility index (Phi) is 5.32. The van der Waals surface area contributed by atoms with Crippen LogP contribution in [0.2, 0.25) is 0 Å². The molecule has 0 bridgehead atoms. The smallest absolute Gasteiger partial charge is 0.412 e. The van der Waals surface area contributed by atoms with E-state index in [1.165, 1.54) is 14.2 Å². The molecule has 1 aromatic carbocycles. The molecule has 0 aliphatic carbocycles. The molecule has 0 spiro atoms. The van der Waals surface area contributed by atoms with E-state index in [0.29, 0.717) is 11.5 Å². The minimum atomic E-state index is -0.642. The Balaban J connectivity index is 2.72. The molecule has 96 valence electrons. The SMILES string of the molecule is COc1cccc(OC(=O)NCCC#N)c1OC. The van der Waals surface area contributed by atoms with Crippen LogP contribution in [0.15, 0.2) is 18.2 Å². The Morgan fingerprint density at radius 1 is 1.33 bits per heavy atom. The maximum Gasteiger partial charge on any atom is 0.412 e. The van der Waals surface area contributed by atoms with E-state index >= 15 is 0 Å². The average Bonchev–Trinajstić information content (AvgIpc) is 2.38. The third kappa shape index (κ3) is 3.56. The van der Waals surface area contributed by atoms with E-state index in [9.17, 15) is 4.79 Å². The normalized spacial score (nSPS) is 9.17. The number of benzene rings is 1. The van der Waals surface area contributed by atoms with Gasteiger partial charge in [0.1, 0.15) is 0 Å². The highest BCUT2D eigenvalue weighted by Gasteiger charge is 2.13. The maximum absolute atomic E-state index is 11.4. The van der Waals surface area contributed by atoms with Crippen molar-refractivity contribution >= 4 is 6.09 Å². The summed E-state index contributed by atoms with van der Waals surface area (Å²) in [6.45, 7) is 0.238. The molecule has 1 amide bonds. The van der Waals surface area contributed by atoms with Gasteiger partial charge in [0.05, 0.1) is 26.7 Å². The summed E-state index contributed by atoms with van der Waals surface area (Å²) in [7, 11) is 2.95. The topological polar surface area (TPSA) is 80.6 Å². The summed E-state index contributed by atoms with van der Waals surface area (Å²) < 4.78 is 15.2. The van der Waals surface area contributed by atoms with Gasteiger partial charge in [0.25, 0.3) is 0 Å². The Hall–Kier alpha value is -2.42. The molecule has 0 unspecified atom stereocenters. The Labute approximate surface area is 105 Å². The second-order valence-corrected chi connectivity index (χ2v) is 3.22. The summed E-state index contributed by atoms with van der Waals surface area (Å²) in [5.74, 6) is 1.07. The van der Waals surface area contributed by atoms with Gasteiger partial charge in [-0.25, -0.2) is 4.79 Å². The summed E-state index contributed by atoms with van der Waals surface area (Å²) in [5.41, 5.74) is 0. The van der Waals surface area contributed by atoms with Crippen LogP contribution in [-0.4, -0.2) is 26.9 Å². The maximum atomic E-state index is 11.4. The van der Waals surface area contributed by atoms with Gasteiger partial charge < -0.3 is 19.5 Å². The van der Waals surface area contributed by atoms with Gasteiger partial charge in [-0.1, -0.05) is 6.07 Å². The van der Waals surface area contributed by atoms with Crippen LogP contribution in [-0.2, 0) is 0 Å². The van der Waals surface area contributed by atoms with Gasteiger partial charge in [-0.3, -0.25) is 0 Å². The molecule has 6 nitrogen and oxygen atoms in total. The Morgan fingerprint density at radius 2 is 2.06 bits per heavy atom. The monoisotopic (exact) mass is 250 g/mol. The van der Waals surface area contributed by atoms with E-state index in [4.69, 9.17) is 19.5 Å². The zero-order valence-corrected chi connectivity index (χ0v) is 10.2. The van der Waals surface area contributed by atoms with E-state index in [1.54, 1.807) is 18.2 Å². The molecule has 6 heteroatoms. The van der Waals surface area contributed by atoms with Gasteiger partial charge >= 0.3 is 6.09 Å². The van der Waals surface area contributed by atoms with Crippen molar-refractivity contribution < 1.29 is 19.0 Å². The minimum Gasteiger partial charge on any atom is -0.493 e. The molecule has 1 N–H and O–H groups in total. The van der Waals surface area contributed by atoms with Gasteiger partial charge in [-0.05, 0) is 12.1 Å². The summed E-state index contributed by atoms with van der Waals surface area (Å²) >= 11 is 0. The van der Waals surface area contributed by atoms with E-state index in [1.807, 2.05) is 6.07 Å². The first-order chi connectivity index (χ1) is 8.72.